The number of carboxylic acids is 1. The molecule has 3 N–H and O–H groups in total. The second-order valence-corrected chi connectivity index (χ2v) is 14.1. The molecular formula is C31H50O6. The zero-order valence-corrected chi connectivity index (χ0v) is 24.0. The third kappa shape index (κ3) is 4.48. The monoisotopic (exact) mass is 518 g/mol. The summed E-state index contributed by atoms with van der Waals surface area (Å²) in [5.74, 6) is -1.54. The van der Waals surface area contributed by atoms with E-state index in [2.05, 4.69) is 33.8 Å². The van der Waals surface area contributed by atoms with Crippen molar-refractivity contribution >= 4 is 11.9 Å². The second-order valence-electron chi connectivity index (χ2n) is 14.1. The summed E-state index contributed by atoms with van der Waals surface area (Å²) in [6, 6.07) is 0. The summed E-state index contributed by atoms with van der Waals surface area (Å²) in [6.45, 7) is 14.6. The molecule has 37 heavy (non-hydrogen) atoms. The number of aliphatic hydroxyl groups excluding tert-OH is 2. The maximum Gasteiger partial charge on any atom is 0.306 e. The van der Waals surface area contributed by atoms with Crippen molar-refractivity contribution in [3.63, 3.8) is 0 Å². The fourth-order valence-electron chi connectivity index (χ4n) is 10.4. The second kappa shape index (κ2) is 9.97. The molecule has 0 saturated heterocycles. The van der Waals surface area contributed by atoms with Gasteiger partial charge in [0.25, 0.3) is 0 Å². The number of esters is 1. The maximum atomic E-state index is 12.7. The van der Waals surface area contributed by atoms with E-state index in [1.807, 2.05) is 13.8 Å². The van der Waals surface area contributed by atoms with Crippen molar-refractivity contribution < 1.29 is 29.6 Å². The molecule has 4 aliphatic rings. The highest BCUT2D eigenvalue weighted by Crippen LogP contribution is 2.74. The van der Waals surface area contributed by atoms with Crippen LogP contribution < -0.4 is 0 Å². The van der Waals surface area contributed by atoms with Gasteiger partial charge in [0.2, 0.25) is 0 Å². The van der Waals surface area contributed by atoms with E-state index in [9.17, 15) is 24.9 Å². The Balaban J connectivity index is 1.75. The minimum atomic E-state index is -0.832. The number of hydrogen-bond acceptors (Lipinski definition) is 5. The van der Waals surface area contributed by atoms with Gasteiger partial charge in [0.15, 0.2) is 0 Å². The van der Waals surface area contributed by atoms with Crippen LogP contribution >= 0.6 is 0 Å². The average molecular weight is 519 g/mol. The van der Waals surface area contributed by atoms with Gasteiger partial charge in [0.1, 0.15) is 6.10 Å². The van der Waals surface area contributed by atoms with Crippen LogP contribution in [0.1, 0.15) is 99.8 Å². The first-order valence-electron chi connectivity index (χ1n) is 14.6. The lowest BCUT2D eigenvalue weighted by atomic mass is 9.36. The molecule has 210 valence electrons. The van der Waals surface area contributed by atoms with E-state index in [1.54, 1.807) is 0 Å². The van der Waals surface area contributed by atoms with Gasteiger partial charge >= 0.3 is 11.9 Å². The summed E-state index contributed by atoms with van der Waals surface area (Å²) in [7, 11) is 0. The van der Waals surface area contributed by atoms with E-state index in [4.69, 9.17) is 4.74 Å². The third-order valence-electron chi connectivity index (χ3n) is 12.1. The SMILES string of the molecule is CC(=O)O[C@H]1C[C@@]2(C)[C@@H](C[C@@H](O)[C@H]3[C@@]4(C)CC[C@@H](O)[C@@H](C)[C@@H]4CC[C@@]32C)[C@H]1[C@H](CCC=C(C)C)C(=O)O. The van der Waals surface area contributed by atoms with Crippen LogP contribution in [0.4, 0.5) is 0 Å². The Labute approximate surface area is 223 Å². The molecule has 0 bridgehead atoms. The molecule has 4 fully saturated rings. The first kappa shape index (κ1) is 28.6. The Morgan fingerprint density at radius 3 is 2.27 bits per heavy atom. The van der Waals surface area contributed by atoms with E-state index in [1.165, 1.54) is 6.92 Å². The largest absolute Gasteiger partial charge is 0.481 e. The molecule has 0 aliphatic heterocycles. The zero-order valence-electron chi connectivity index (χ0n) is 24.0. The molecule has 0 heterocycles. The summed E-state index contributed by atoms with van der Waals surface area (Å²) in [6.07, 6.45) is 6.77. The molecule has 6 nitrogen and oxygen atoms in total. The van der Waals surface area contributed by atoms with Gasteiger partial charge in [-0.05, 0) is 105 Å². The molecule has 0 unspecified atom stereocenters. The Kier molecular flexibility index (Phi) is 7.71. The number of carboxylic acid groups (broad SMARTS) is 1. The van der Waals surface area contributed by atoms with Gasteiger partial charge in [0.05, 0.1) is 18.1 Å². The Morgan fingerprint density at radius 2 is 1.68 bits per heavy atom. The van der Waals surface area contributed by atoms with Crippen LogP contribution in [0.3, 0.4) is 0 Å². The molecule has 0 spiro atoms. The van der Waals surface area contributed by atoms with E-state index < -0.39 is 24.1 Å². The molecule has 0 amide bonds. The van der Waals surface area contributed by atoms with E-state index >= 15 is 0 Å². The Bertz CT molecular complexity index is 925. The van der Waals surface area contributed by atoms with Gasteiger partial charge in [-0.2, -0.15) is 0 Å². The molecule has 4 rings (SSSR count). The smallest absolute Gasteiger partial charge is 0.306 e. The van der Waals surface area contributed by atoms with E-state index in [-0.39, 0.29) is 52.0 Å². The molecular weight excluding hydrogens is 468 g/mol. The van der Waals surface area contributed by atoms with Gasteiger partial charge in [0, 0.05) is 12.8 Å². The van der Waals surface area contributed by atoms with Crippen LogP contribution in [-0.2, 0) is 14.3 Å². The summed E-state index contributed by atoms with van der Waals surface area (Å²) >= 11 is 0. The van der Waals surface area contributed by atoms with Crippen molar-refractivity contribution in [1.29, 1.82) is 0 Å². The molecule has 12 atom stereocenters. The molecule has 4 saturated carbocycles. The quantitative estimate of drug-likeness (QED) is 0.312. The summed E-state index contributed by atoms with van der Waals surface area (Å²) in [4.78, 5) is 24.9. The first-order valence-corrected chi connectivity index (χ1v) is 14.6. The number of fused-ring (bicyclic) bond motifs is 5. The first-order chi connectivity index (χ1) is 17.2. The van der Waals surface area contributed by atoms with Crippen LogP contribution in [0.15, 0.2) is 11.6 Å². The molecule has 0 radical (unpaired) electrons. The van der Waals surface area contributed by atoms with Crippen molar-refractivity contribution in [2.45, 2.75) is 118 Å². The lowest BCUT2D eigenvalue weighted by Gasteiger charge is -2.69. The topological polar surface area (TPSA) is 104 Å². The maximum absolute atomic E-state index is 12.7. The Morgan fingerprint density at radius 1 is 1.00 bits per heavy atom. The van der Waals surface area contributed by atoms with Gasteiger partial charge < -0.3 is 20.1 Å². The zero-order chi connectivity index (χ0) is 27.5. The molecule has 0 aromatic heterocycles. The van der Waals surface area contributed by atoms with Crippen LogP contribution in [-0.4, -0.2) is 45.6 Å². The third-order valence-corrected chi connectivity index (χ3v) is 12.1. The number of ether oxygens (including phenoxy) is 1. The van der Waals surface area contributed by atoms with Gasteiger partial charge in [-0.25, -0.2) is 0 Å². The lowest BCUT2D eigenvalue weighted by Crippen LogP contribution is -2.66. The average Bonchev–Trinajstić information content (AvgIpc) is 3.05. The highest BCUT2D eigenvalue weighted by Gasteiger charge is 2.72. The normalized spacial score (nSPS) is 47.7. The molecule has 4 aliphatic carbocycles. The van der Waals surface area contributed by atoms with Crippen LogP contribution in [0.5, 0.6) is 0 Å². The summed E-state index contributed by atoms with van der Waals surface area (Å²) in [5, 5.41) is 33.0. The van der Waals surface area contributed by atoms with Crippen molar-refractivity contribution in [3.05, 3.63) is 11.6 Å². The van der Waals surface area contributed by atoms with Crippen molar-refractivity contribution in [2.24, 2.45) is 51.8 Å². The predicted octanol–water partition coefficient (Wildman–Crippen LogP) is 5.60. The number of carbonyl (C=O) groups is 2. The summed E-state index contributed by atoms with van der Waals surface area (Å²) < 4.78 is 5.93. The number of aliphatic carboxylic acids is 1. The fourth-order valence-corrected chi connectivity index (χ4v) is 10.4. The van der Waals surface area contributed by atoms with Crippen molar-refractivity contribution in [2.75, 3.05) is 0 Å². The predicted molar refractivity (Wildman–Crippen MR) is 143 cm³/mol. The number of allylic oxidation sites excluding steroid dienone is 2. The van der Waals surface area contributed by atoms with Gasteiger partial charge in [-0.15, -0.1) is 0 Å². The summed E-state index contributed by atoms with van der Waals surface area (Å²) in [5.41, 5.74) is 0.624. The highest BCUT2D eigenvalue weighted by atomic mass is 16.5. The highest BCUT2D eigenvalue weighted by molar-refractivity contribution is 5.71. The molecule has 0 aromatic carbocycles. The number of carbonyl (C=O) groups excluding carboxylic acids is 1. The number of aliphatic hydroxyl groups is 2. The van der Waals surface area contributed by atoms with E-state index in [0.29, 0.717) is 31.6 Å². The van der Waals surface area contributed by atoms with Crippen LogP contribution in [0.2, 0.25) is 0 Å². The van der Waals surface area contributed by atoms with Crippen LogP contribution in [0, 0.1) is 51.8 Å². The standard InChI is InChI=1S/C31H50O6/c1-17(2)9-8-10-20(28(35)36)26-22-15-24(34)27-29(5)13-12-23(33)18(3)21(29)11-14-30(27,6)31(22,7)16-25(26)37-19(4)32/h9,18,20-27,33-34H,8,10-16H2,1-7H3,(H,35,36)/t18-,20-,21-,22-,23+,24+,25-,26+,27-,29-,30-,31-/m0/s1. The Hall–Kier alpha value is -1.40. The lowest BCUT2D eigenvalue weighted by molar-refractivity contribution is -0.240. The minimum Gasteiger partial charge on any atom is -0.481 e. The van der Waals surface area contributed by atoms with Gasteiger partial charge in [-0.3, -0.25) is 9.59 Å². The number of hydrogen-bond donors (Lipinski definition) is 3. The van der Waals surface area contributed by atoms with Crippen molar-refractivity contribution in [1.82, 2.24) is 0 Å². The number of rotatable bonds is 6. The van der Waals surface area contributed by atoms with Gasteiger partial charge in [-0.1, -0.05) is 39.3 Å². The minimum absolute atomic E-state index is 0.0346. The van der Waals surface area contributed by atoms with Crippen LogP contribution in [0.25, 0.3) is 0 Å². The fraction of sp³-hybridized carbons (Fsp3) is 0.871. The van der Waals surface area contributed by atoms with Crippen molar-refractivity contribution in [3.8, 4) is 0 Å². The van der Waals surface area contributed by atoms with E-state index in [0.717, 1.165) is 31.3 Å². The molecule has 0 aromatic rings. The molecule has 6 heteroatoms.